The summed E-state index contributed by atoms with van der Waals surface area (Å²) in [5.41, 5.74) is 1.85. The van der Waals surface area contributed by atoms with Crippen molar-refractivity contribution in [2.75, 3.05) is 5.32 Å². The van der Waals surface area contributed by atoms with Crippen LogP contribution in [-0.2, 0) is 6.54 Å². The summed E-state index contributed by atoms with van der Waals surface area (Å²) in [5, 5.41) is 5.26. The van der Waals surface area contributed by atoms with Crippen molar-refractivity contribution >= 4 is 34.5 Å². The summed E-state index contributed by atoms with van der Waals surface area (Å²) in [6.07, 6.45) is 1.22. The zero-order valence-corrected chi connectivity index (χ0v) is 14.5. The molecule has 25 heavy (non-hydrogen) atoms. The number of rotatable bonds is 4. The first kappa shape index (κ1) is 16.1. The minimum Gasteiger partial charge on any atom is -0.360 e. The van der Waals surface area contributed by atoms with Gasteiger partial charge in [0, 0.05) is 16.8 Å². The zero-order valence-electron chi connectivity index (χ0n) is 12.9. The van der Waals surface area contributed by atoms with E-state index in [1.165, 1.54) is 12.1 Å². The molecule has 0 spiro atoms. The van der Waals surface area contributed by atoms with Crippen LogP contribution in [0, 0.1) is 5.82 Å². The van der Waals surface area contributed by atoms with Gasteiger partial charge in [-0.1, -0.05) is 17.7 Å². The van der Waals surface area contributed by atoms with E-state index in [9.17, 15) is 9.18 Å². The molecule has 1 N–H and O–H groups in total. The number of halogens is 2. The standard InChI is InChI=1S/C18H13ClFN3OS/c19-14-9-11(5-6-15(14)20)22-17-16-13(4-1-7-21-16)18(24)23(17)10-12-3-2-8-25-12/h1-9,17,22H,10H2/t17-/m0/s1. The number of aromatic nitrogens is 1. The van der Waals surface area contributed by atoms with Crippen molar-refractivity contribution in [1.29, 1.82) is 0 Å². The summed E-state index contributed by atoms with van der Waals surface area (Å²) < 4.78 is 13.4. The van der Waals surface area contributed by atoms with Crippen molar-refractivity contribution in [3.05, 3.63) is 81.0 Å². The lowest BCUT2D eigenvalue weighted by Crippen LogP contribution is -2.31. The average Bonchev–Trinajstić information content (AvgIpc) is 3.21. The molecule has 0 unspecified atom stereocenters. The van der Waals surface area contributed by atoms with E-state index < -0.39 is 12.0 Å². The van der Waals surface area contributed by atoms with Crippen LogP contribution in [0.15, 0.2) is 54.0 Å². The van der Waals surface area contributed by atoms with Crippen LogP contribution < -0.4 is 5.32 Å². The van der Waals surface area contributed by atoms with Gasteiger partial charge in [-0.05, 0) is 41.8 Å². The maximum absolute atomic E-state index is 13.4. The lowest BCUT2D eigenvalue weighted by Gasteiger charge is -2.26. The molecule has 7 heteroatoms. The molecule has 0 radical (unpaired) electrons. The first-order valence-electron chi connectivity index (χ1n) is 7.63. The molecule has 4 nitrogen and oxygen atoms in total. The highest BCUT2D eigenvalue weighted by Crippen LogP contribution is 2.35. The lowest BCUT2D eigenvalue weighted by atomic mass is 10.2. The molecule has 1 atom stereocenters. The van der Waals surface area contributed by atoms with E-state index in [0.29, 0.717) is 23.5 Å². The predicted molar refractivity (Wildman–Crippen MR) is 96.2 cm³/mol. The Morgan fingerprint density at radius 1 is 1.28 bits per heavy atom. The molecule has 0 fully saturated rings. The molecule has 4 rings (SSSR count). The van der Waals surface area contributed by atoms with Gasteiger partial charge < -0.3 is 10.2 Å². The fraction of sp³-hybridized carbons (Fsp3) is 0.111. The van der Waals surface area contributed by atoms with Crippen molar-refractivity contribution in [2.45, 2.75) is 12.7 Å². The number of thiophene rings is 1. The number of nitrogens with one attached hydrogen (secondary N) is 1. The number of anilines is 1. The van der Waals surface area contributed by atoms with Crippen LogP contribution in [0.3, 0.4) is 0 Å². The van der Waals surface area contributed by atoms with Crippen LogP contribution >= 0.6 is 22.9 Å². The van der Waals surface area contributed by atoms with Gasteiger partial charge in [-0.25, -0.2) is 4.39 Å². The molecule has 1 aliphatic heterocycles. The molecular weight excluding hydrogens is 361 g/mol. The Hall–Kier alpha value is -2.44. The molecule has 0 aliphatic carbocycles. The highest BCUT2D eigenvalue weighted by Gasteiger charge is 2.38. The monoisotopic (exact) mass is 373 g/mol. The van der Waals surface area contributed by atoms with Crippen molar-refractivity contribution in [3.63, 3.8) is 0 Å². The largest absolute Gasteiger partial charge is 0.360 e. The number of carbonyl (C=O) groups excluding carboxylic acids is 1. The number of hydrogen-bond donors (Lipinski definition) is 1. The highest BCUT2D eigenvalue weighted by atomic mass is 35.5. The van der Waals surface area contributed by atoms with Gasteiger partial charge in [-0.2, -0.15) is 0 Å². The second-order valence-corrected chi connectivity index (χ2v) is 7.06. The van der Waals surface area contributed by atoms with E-state index in [4.69, 9.17) is 11.6 Å². The summed E-state index contributed by atoms with van der Waals surface area (Å²) in [6, 6.07) is 11.9. The van der Waals surface area contributed by atoms with E-state index >= 15 is 0 Å². The van der Waals surface area contributed by atoms with Crippen molar-refractivity contribution in [2.24, 2.45) is 0 Å². The lowest BCUT2D eigenvalue weighted by molar-refractivity contribution is 0.0729. The van der Waals surface area contributed by atoms with Crippen LogP contribution in [0.5, 0.6) is 0 Å². The van der Waals surface area contributed by atoms with Gasteiger partial charge in [0.15, 0.2) is 0 Å². The molecule has 1 aromatic carbocycles. The summed E-state index contributed by atoms with van der Waals surface area (Å²) in [4.78, 5) is 20.0. The predicted octanol–water partition coefficient (Wildman–Crippen LogP) is 4.70. The Morgan fingerprint density at radius 3 is 2.92 bits per heavy atom. The summed E-state index contributed by atoms with van der Waals surface area (Å²) in [5.74, 6) is -0.564. The SMILES string of the molecule is O=C1c2cccnc2[C@@H](Nc2ccc(F)c(Cl)c2)N1Cc1cccs1. The quantitative estimate of drug-likeness (QED) is 0.720. The number of fused-ring (bicyclic) bond motifs is 1. The van der Waals surface area contributed by atoms with E-state index in [0.717, 1.165) is 4.88 Å². The molecule has 126 valence electrons. The van der Waals surface area contributed by atoms with E-state index in [2.05, 4.69) is 10.3 Å². The van der Waals surface area contributed by atoms with Crippen LogP contribution in [0.2, 0.25) is 5.02 Å². The second-order valence-electron chi connectivity index (χ2n) is 5.62. The van der Waals surface area contributed by atoms with Crippen LogP contribution in [-0.4, -0.2) is 15.8 Å². The summed E-state index contributed by atoms with van der Waals surface area (Å²) >= 11 is 7.46. The maximum atomic E-state index is 13.4. The fourth-order valence-corrected chi connectivity index (χ4v) is 3.74. The number of hydrogen-bond acceptors (Lipinski definition) is 4. The van der Waals surface area contributed by atoms with Gasteiger partial charge in [-0.3, -0.25) is 9.78 Å². The Bertz CT molecular complexity index is 932. The molecule has 3 heterocycles. The molecule has 3 aromatic rings. The van der Waals surface area contributed by atoms with Crippen molar-refractivity contribution < 1.29 is 9.18 Å². The fourth-order valence-electron chi connectivity index (χ4n) is 2.86. The number of pyridine rings is 1. The third kappa shape index (κ3) is 2.99. The number of benzene rings is 1. The summed E-state index contributed by atoms with van der Waals surface area (Å²) in [7, 11) is 0. The van der Waals surface area contributed by atoms with Gasteiger partial charge in [0.1, 0.15) is 12.0 Å². The highest BCUT2D eigenvalue weighted by molar-refractivity contribution is 7.09. The Balaban J connectivity index is 1.70. The van der Waals surface area contributed by atoms with E-state index in [1.807, 2.05) is 17.5 Å². The zero-order chi connectivity index (χ0) is 17.4. The maximum Gasteiger partial charge on any atom is 0.258 e. The minimum absolute atomic E-state index is 0.0281. The van der Waals surface area contributed by atoms with Gasteiger partial charge in [0.05, 0.1) is 22.8 Å². The Kier molecular flexibility index (Phi) is 4.15. The number of amides is 1. The molecule has 0 saturated carbocycles. The van der Waals surface area contributed by atoms with Crippen LogP contribution in [0.4, 0.5) is 10.1 Å². The number of carbonyl (C=O) groups is 1. The van der Waals surface area contributed by atoms with Gasteiger partial charge >= 0.3 is 0 Å². The second kappa shape index (κ2) is 6.46. The minimum atomic E-state index is -0.483. The molecule has 1 amide bonds. The summed E-state index contributed by atoms with van der Waals surface area (Å²) in [6.45, 7) is 0.472. The van der Waals surface area contributed by atoms with Crippen LogP contribution in [0.25, 0.3) is 0 Å². The van der Waals surface area contributed by atoms with Crippen LogP contribution in [0.1, 0.15) is 27.1 Å². The molecule has 2 aromatic heterocycles. The normalized spacial score (nSPS) is 16.2. The first-order valence-corrected chi connectivity index (χ1v) is 8.89. The third-order valence-electron chi connectivity index (χ3n) is 4.03. The van der Waals surface area contributed by atoms with Gasteiger partial charge in [-0.15, -0.1) is 11.3 Å². The Morgan fingerprint density at radius 2 is 2.16 bits per heavy atom. The first-order chi connectivity index (χ1) is 12.1. The molecule has 1 aliphatic rings. The number of nitrogens with zero attached hydrogens (tertiary/aromatic N) is 2. The van der Waals surface area contributed by atoms with Crippen molar-refractivity contribution in [1.82, 2.24) is 9.88 Å². The smallest absolute Gasteiger partial charge is 0.258 e. The molecule has 0 saturated heterocycles. The topological polar surface area (TPSA) is 45.2 Å². The van der Waals surface area contributed by atoms with E-state index in [1.54, 1.807) is 40.6 Å². The third-order valence-corrected chi connectivity index (χ3v) is 5.18. The average molecular weight is 374 g/mol. The van der Waals surface area contributed by atoms with E-state index in [-0.39, 0.29) is 10.9 Å². The van der Waals surface area contributed by atoms with Crippen molar-refractivity contribution in [3.8, 4) is 0 Å². The van der Waals surface area contributed by atoms with Gasteiger partial charge in [0.2, 0.25) is 0 Å². The molecule has 0 bridgehead atoms. The van der Waals surface area contributed by atoms with Gasteiger partial charge in [0.25, 0.3) is 5.91 Å². The Labute approximate surface area is 152 Å². The molecular formula is C18H13ClFN3OS.